The number of carbonyl (C=O) groups is 1. The van der Waals surface area contributed by atoms with Crippen molar-refractivity contribution in [3.8, 4) is 0 Å². The lowest BCUT2D eigenvalue weighted by molar-refractivity contribution is -0.0893. The van der Waals surface area contributed by atoms with Crippen LogP contribution in [0.1, 0.15) is 39.7 Å². The summed E-state index contributed by atoms with van der Waals surface area (Å²) in [6.45, 7) is 9.33. The monoisotopic (exact) mass is 424 g/mol. The van der Waals surface area contributed by atoms with Crippen molar-refractivity contribution >= 4 is 29.5 Å². The largest absolute Gasteiger partial charge is 0.447 e. The van der Waals surface area contributed by atoms with Crippen LogP contribution in [0.2, 0.25) is 0 Å². The van der Waals surface area contributed by atoms with Crippen LogP contribution in [0.3, 0.4) is 0 Å². The molecule has 0 aromatic carbocycles. The summed E-state index contributed by atoms with van der Waals surface area (Å²) in [5, 5.41) is 3.04. The van der Waals surface area contributed by atoms with Gasteiger partial charge >= 0.3 is 6.09 Å². The number of nitrogens with one attached hydrogen (secondary N) is 1. The molecule has 164 valence electrons. The molecule has 0 radical (unpaired) electrons. The van der Waals surface area contributed by atoms with Crippen LogP contribution in [0, 0.1) is 0 Å². The highest BCUT2D eigenvalue weighted by atomic mass is 16.6. The van der Waals surface area contributed by atoms with Crippen molar-refractivity contribution in [1.29, 1.82) is 0 Å². The summed E-state index contributed by atoms with van der Waals surface area (Å²) in [5.41, 5.74) is 0.511. The smallest absolute Gasteiger partial charge is 0.415 e. The van der Waals surface area contributed by atoms with Crippen molar-refractivity contribution in [2.45, 2.75) is 57.2 Å². The number of pyridine rings is 1. The molecule has 0 bridgehead atoms. The lowest BCUT2D eigenvalue weighted by Gasteiger charge is -2.46. The number of ether oxygens (including phenoxy) is 2. The zero-order chi connectivity index (χ0) is 22.0. The molecule has 2 fully saturated rings. The minimum absolute atomic E-state index is 0.0633. The van der Waals surface area contributed by atoms with Crippen LogP contribution in [0.25, 0.3) is 0 Å². The zero-order valence-corrected chi connectivity index (χ0v) is 18.5. The molecule has 9 nitrogen and oxygen atoms in total. The lowest BCUT2D eigenvalue weighted by Crippen LogP contribution is -2.54. The second-order valence-electron chi connectivity index (χ2n) is 9.39. The Kier molecular flexibility index (Phi) is 4.37. The molecule has 3 atom stereocenters. The molecule has 0 spiro atoms. The minimum atomic E-state index is -0.365. The molecular weight excluding hydrogens is 396 g/mol. The second kappa shape index (κ2) is 6.78. The fourth-order valence-corrected chi connectivity index (χ4v) is 4.84. The first kappa shape index (κ1) is 20.0. The van der Waals surface area contributed by atoms with Crippen LogP contribution in [-0.4, -0.2) is 59.0 Å². The van der Waals surface area contributed by atoms with Gasteiger partial charge in [0.05, 0.1) is 24.3 Å². The summed E-state index contributed by atoms with van der Waals surface area (Å²) in [6.07, 6.45) is 2.34. The van der Waals surface area contributed by atoms with Gasteiger partial charge in [0.15, 0.2) is 0 Å². The van der Waals surface area contributed by atoms with Crippen molar-refractivity contribution in [1.82, 2.24) is 15.0 Å². The quantitative estimate of drug-likeness (QED) is 0.803. The van der Waals surface area contributed by atoms with Crippen molar-refractivity contribution < 1.29 is 14.3 Å². The van der Waals surface area contributed by atoms with E-state index in [9.17, 15) is 4.79 Å². The number of carbonyl (C=O) groups excluding carboxylic acids is 1. The number of cyclic esters (lactones) is 1. The highest BCUT2D eigenvalue weighted by Crippen LogP contribution is 2.53. The Morgan fingerprint density at radius 1 is 1.16 bits per heavy atom. The van der Waals surface area contributed by atoms with E-state index < -0.39 is 0 Å². The average Bonchev–Trinajstić information content (AvgIpc) is 3.20. The predicted octanol–water partition coefficient (Wildman–Crippen LogP) is 3.24. The van der Waals surface area contributed by atoms with Crippen molar-refractivity contribution in [2.75, 3.05) is 35.4 Å². The summed E-state index contributed by atoms with van der Waals surface area (Å²) in [4.78, 5) is 30.2. The molecular formula is C22H28N6O3. The van der Waals surface area contributed by atoms with Gasteiger partial charge in [-0.1, -0.05) is 13.0 Å². The van der Waals surface area contributed by atoms with E-state index in [-0.39, 0.29) is 29.2 Å². The summed E-state index contributed by atoms with van der Waals surface area (Å²) in [5.74, 6) is 2.71. The first-order valence-electron chi connectivity index (χ1n) is 10.6. The molecule has 3 aliphatic rings. The summed E-state index contributed by atoms with van der Waals surface area (Å²) >= 11 is 0. The molecule has 3 aliphatic heterocycles. The highest BCUT2D eigenvalue weighted by Gasteiger charge is 2.55. The SMILES string of the molecule is CNc1ncc2c(n1)N(c1cccc(N3C(=O)OC[C@@H]3C)n1)[C@@H]1CC(C)(C)OC[C@]21C. The van der Waals surface area contributed by atoms with Crippen LogP contribution in [0.15, 0.2) is 24.4 Å². The molecule has 1 N–H and O–H groups in total. The molecule has 2 aromatic heterocycles. The van der Waals surface area contributed by atoms with Crippen LogP contribution < -0.4 is 15.1 Å². The van der Waals surface area contributed by atoms with Gasteiger partial charge < -0.3 is 19.7 Å². The van der Waals surface area contributed by atoms with Gasteiger partial charge in [-0.25, -0.2) is 14.8 Å². The predicted molar refractivity (Wildman–Crippen MR) is 117 cm³/mol. The zero-order valence-electron chi connectivity index (χ0n) is 18.5. The minimum Gasteiger partial charge on any atom is -0.447 e. The fraction of sp³-hybridized carbons (Fsp3) is 0.545. The molecule has 2 aromatic rings. The topological polar surface area (TPSA) is 92.7 Å². The van der Waals surface area contributed by atoms with Crippen molar-refractivity contribution in [3.05, 3.63) is 30.0 Å². The Hall–Kier alpha value is -2.94. The number of amides is 1. The van der Waals surface area contributed by atoms with Gasteiger partial charge in [0, 0.05) is 24.2 Å². The molecule has 5 rings (SSSR count). The third kappa shape index (κ3) is 3.02. The van der Waals surface area contributed by atoms with Crippen molar-refractivity contribution in [2.24, 2.45) is 0 Å². The van der Waals surface area contributed by atoms with Crippen molar-refractivity contribution in [3.63, 3.8) is 0 Å². The number of anilines is 4. The molecule has 0 saturated carbocycles. The van der Waals surface area contributed by atoms with Crippen LogP contribution in [0.5, 0.6) is 0 Å². The van der Waals surface area contributed by atoms with E-state index in [1.165, 1.54) is 0 Å². The Morgan fingerprint density at radius 2 is 1.90 bits per heavy atom. The van der Waals surface area contributed by atoms with Crippen LogP contribution in [0.4, 0.5) is 28.2 Å². The van der Waals surface area contributed by atoms with Gasteiger partial charge in [-0.15, -0.1) is 0 Å². The molecule has 1 amide bonds. The summed E-state index contributed by atoms with van der Waals surface area (Å²) in [6, 6.07) is 5.77. The fourth-order valence-electron chi connectivity index (χ4n) is 4.84. The second-order valence-corrected chi connectivity index (χ2v) is 9.39. The average molecular weight is 425 g/mol. The molecule has 31 heavy (non-hydrogen) atoms. The number of hydrogen-bond acceptors (Lipinski definition) is 8. The maximum Gasteiger partial charge on any atom is 0.415 e. The first-order valence-corrected chi connectivity index (χ1v) is 10.6. The maximum atomic E-state index is 12.3. The van der Waals surface area contributed by atoms with Gasteiger partial charge in [0.1, 0.15) is 24.1 Å². The van der Waals surface area contributed by atoms with Gasteiger partial charge in [0.25, 0.3) is 0 Å². The Bertz CT molecular complexity index is 1040. The Balaban J connectivity index is 1.64. The van der Waals surface area contributed by atoms with E-state index in [1.54, 1.807) is 11.9 Å². The van der Waals surface area contributed by atoms with E-state index in [4.69, 9.17) is 19.4 Å². The first-order chi connectivity index (χ1) is 14.7. The molecule has 9 heteroatoms. The highest BCUT2D eigenvalue weighted by molar-refractivity contribution is 5.89. The van der Waals surface area contributed by atoms with Crippen LogP contribution in [-0.2, 0) is 14.9 Å². The van der Waals surface area contributed by atoms with Gasteiger partial charge in [-0.3, -0.25) is 4.90 Å². The number of hydrogen-bond donors (Lipinski definition) is 1. The number of rotatable bonds is 3. The van der Waals surface area contributed by atoms with Gasteiger partial charge in [-0.2, -0.15) is 4.98 Å². The standard InChI is InChI=1S/C22H28N6O3/c1-13-11-30-20(29)27(13)16-7-6-8-17(25-16)28-15-9-21(2,3)31-12-22(15,4)14-10-24-19(23-5)26-18(14)28/h6-8,10,13,15H,9,11-12H2,1-5H3,(H,23,24,26)/t13-,15+,22+/m0/s1. The Morgan fingerprint density at radius 3 is 2.58 bits per heavy atom. The number of nitrogens with zero attached hydrogens (tertiary/aromatic N) is 5. The normalized spacial score (nSPS) is 28.9. The number of aromatic nitrogens is 3. The van der Waals surface area contributed by atoms with E-state index >= 15 is 0 Å². The number of fused-ring (bicyclic) bond motifs is 3. The summed E-state index contributed by atoms with van der Waals surface area (Å²) in [7, 11) is 1.81. The Labute approximate surface area is 181 Å². The molecule has 5 heterocycles. The third-order valence-electron chi connectivity index (χ3n) is 6.63. The van der Waals surface area contributed by atoms with Crippen LogP contribution >= 0.6 is 0 Å². The molecule has 0 aliphatic carbocycles. The van der Waals surface area contributed by atoms with E-state index in [0.717, 1.165) is 23.6 Å². The van der Waals surface area contributed by atoms with E-state index in [0.29, 0.717) is 25.0 Å². The van der Waals surface area contributed by atoms with E-state index in [1.807, 2.05) is 31.3 Å². The maximum absolute atomic E-state index is 12.3. The molecule has 2 saturated heterocycles. The van der Waals surface area contributed by atoms with E-state index in [2.05, 4.69) is 36.0 Å². The summed E-state index contributed by atoms with van der Waals surface area (Å²) < 4.78 is 11.4. The third-order valence-corrected chi connectivity index (χ3v) is 6.63. The lowest BCUT2D eigenvalue weighted by atomic mass is 9.73. The van der Waals surface area contributed by atoms with Gasteiger partial charge in [0.2, 0.25) is 5.95 Å². The molecule has 0 unspecified atom stereocenters. The van der Waals surface area contributed by atoms with Gasteiger partial charge in [-0.05, 0) is 39.3 Å².